The summed E-state index contributed by atoms with van der Waals surface area (Å²) >= 11 is 1.86. The van der Waals surface area contributed by atoms with Gasteiger partial charge < -0.3 is 9.84 Å². The lowest BCUT2D eigenvalue weighted by atomic mass is 9.86. The Kier molecular flexibility index (Phi) is 4.30. The van der Waals surface area contributed by atoms with Gasteiger partial charge in [-0.1, -0.05) is 74.1 Å². The fourth-order valence-corrected chi connectivity index (χ4v) is 6.24. The molecule has 158 valence electrons. The van der Waals surface area contributed by atoms with E-state index >= 15 is 0 Å². The zero-order valence-electron chi connectivity index (χ0n) is 17.8. The van der Waals surface area contributed by atoms with Crippen LogP contribution in [-0.2, 0) is 5.41 Å². The van der Waals surface area contributed by atoms with Crippen molar-refractivity contribution < 1.29 is 9.84 Å². The summed E-state index contributed by atoms with van der Waals surface area (Å²) in [6, 6.07) is 26.0. The van der Waals surface area contributed by atoms with Gasteiger partial charge in [-0.3, -0.25) is 4.99 Å². The van der Waals surface area contributed by atoms with Gasteiger partial charge >= 0.3 is 0 Å². The number of hydrogen-bond donors (Lipinski definition) is 1. The van der Waals surface area contributed by atoms with Gasteiger partial charge in [-0.25, -0.2) is 4.98 Å². The van der Waals surface area contributed by atoms with Gasteiger partial charge in [0.1, 0.15) is 17.0 Å². The van der Waals surface area contributed by atoms with Gasteiger partial charge in [-0.05, 0) is 35.4 Å². The number of rotatable bonds is 3. The summed E-state index contributed by atoms with van der Waals surface area (Å²) < 4.78 is 6.05. The van der Waals surface area contributed by atoms with Crippen molar-refractivity contribution in [2.24, 2.45) is 4.99 Å². The second-order valence-electron chi connectivity index (χ2n) is 8.85. The monoisotopic (exact) mass is 438 g/mol. The van der Waals surface area contributed by atoms with Crippen molar-refractivity contribution in [3.8, 4) is 17.4 Å². The van der Waals surface area contributed by atoms with Crippen molar-refractivity contribution in [1.29, 1.82) is 0 Å². The molecule has 0 saturated heterocycles. The molecule has 1 N–H and O–H groups in total. The van der Waals surface area contributed by atoms with E-state index in [0.29, 0.717) is 22.4 Å². The van der Waals surface area contributed by atoms with Gasteiger partial charge in [0.2, 0.25) is 5.88 Å². The maximum Gasteiger partial charge on any atom is 0.219 e. The number of hydrogen-bond acceptors (Lipinski definition) is 5. The number of thioether (sulfide) groups is 1. The largest absolute Gasteiger partial charge is 0.506 e. The van der Waals surface area contributed by atoms with Gasteiger partial charge in [0.05, 0.1) is 11.1 Å². The molecular formula is C27H22N2O2S. The van der Waals surface area contributed by atoms with E-state index < -0.39 is 0 Å². The molecule has 2 heterocycles. The van der Waals surface area contributed by atoms with Gasteiger partial charge in [0, 0.05) is 27.7 Å². The quantitative estimate of drug-likeness (QED) is 0.390. The first-order valence-corrected chi connectivity index (χ1v) is 11.6. The van der Waals surface area contributed by atoms with Crippen LogP contribution in [0.25, 0.3) is 10.9 Å². The third-order valence-corrected chi connectivity index (χ3v) is 8.11. The highest BCUT2D eigenvalue weighted by molar-refractivity contribution is 8.15. The Bertz CT molecular complexity index is 1400. The van der Waals surface area contributed by atoms with Crippen molar-refractivity contribution in [3.05, 3.63) is 95.6 Å². The number of ether oxygens (including phenoxy) is 1. The maximum absolute atomic E-state index is 10.1. The fraction of sp³-hybridized carbons (Fsp3) is 0.185. The molecule has 4 nitrogen and oxygen atoms in total. The summed E-state index contributed by atoms with van der Waals surface area (Å²) in [7, 11) is 0. The highest BCUT2D eigenvalue weighted by atomic mass is 32.2. The Balaban J connectivity index is 1.31. The molecule has 1 aromatic heterocycles. The lowest BCUT2D eigenvalue weighted by molar-refractivity contribution is 0.460. The second kappa shape index (κ2) is 7.10. The Morgan fingerprint density at radius 2 is 1.78 bits per heavy atom. The number of pyridine rings is 1. The molecule has 1 aliphatic carbocycles. The van der Waals surface area contributed by atoms with Gasteiger partial charge in [-0.2, -0.15) is 0 Å². The molecule has 0 saturated carbocycles. The number of aromatic nitrogens is 1. The summed E-state index contributed by atoms with van der Waals surface area (Å²) in [5.41, 5.74) is 4.41. The van der Waals surface area contributed by atoms with Gasteiger partial charge in [0.25, 0.3) is 0 Å². The smallest absolute Gasteiger partial charge is 0.219 e. The average molecular weight is 439 g/mol. The Hall–Kier alpha value is -3.31. The van der Waals surface area contributed by atoms with Crippen LogP contribution in [0.5, 0.6) is 17.4 Å². The summed E-state index contributed by atoms with van der Waals surface area (Å²) in [5.74, 6) is 1.29. The topological polar surface area (TPSA) is 54.7 Å². The zero-order chi connectivity index (χ0) is 21.9. The van der Waals surface area contributed by atoms with Crippen LogP contribution in [0, 0.1) is 0 Å². The van der Waals surface area contributed by atoms with E-state index in [2.05, 4.69) is 49.2 Å². The summed E-state index contributed by atoms with van der Waals surface area (Å²) in [6.07, 6.45) is 0. The van der Waals surface area contributed by atoms with Crippen LogP contribution >= 0.6 is 11.8 Å². The standard InChI is InChI=1S/C27H22N2O2S/c1-27(2)20-11-4-3-10-19(20)24-25(27)32-26(29-24)17-8-5-9-18(15-17)31-22-14-13-16-7-6-12-21(30)23(16)28-22/h3-15,24-25,30H,1-2H3/t24-,25-/m0/s1. The molecule has 2 aliphatic rings. The van der Waals surface area contributed by atoms with Gasteiger partial charge in [-0.15, -0.1) is 0 Å². The molecule has 1 aliphatic heterocycles. The average Bonchev–Trinajstić information content (AvgIpc) is 3.34. The Labute approximate surface area is 191 Å². The predicted octanol–water partition coefficient (Wildman–Crippen LogP) is 6.63. The van der Waals surface area contributed by atoms with E-state index in [9.17, 15) is 5.11 Å². The predicted molar refractivity (Wildman–Crippen MR) is 130 cm³/mol. The number of aliphatic imine (C=N–C) groups is 1. The highest BCUT2D eigenvalue weighted by Crippen LogP contribution is 2.56. The summed E-state index contributed by atoms with van der Waals surface area (Å²) in [5, 5.41) is 12.4. The molecular weight excluding hydrogens is 416 g/mol. The number of nitrogens with zero attached hydrogens (tertiary/aromatic N) is 2. The molecule has 0 fully saturated rings. The Morgan fingerprint density at radius 3 is 2.69 bits per heavy atom. The molecule has 0 unspecified atom stereocenters. The lowest BCUT2D eigenvalue weighted by Crippen LogP contribution is -2.26. The van der Waals surface area contributed by atoms with Crippen LogP contribution in [0.1, 0.15) is 36.6 Å². The van der Waals surface area contributed by atoms with Crippen molar-refractivity contribution in [2.45, 2.75) is 30.6 Å². The number of para-hydroxylation sites is 1. The second-order valence-corrected chi connectivity index (χ2v) is 9.98. The molecule has 6 rings (SSSR count). The SMILES string of the molecule is CC1(C)c2ccccc2[C@@H]2N=C(c3cccc(Oc4ccc5cccc(O)c5n4)c3)S[C@@H]21. The van der Waals surface area contributed by atoms with Crippen LogP contribution in [0.4, 0.5) is 0 Å². The van der Waals surface area contributed by atoms with E-state index in [0.717, 1.165) is 16.0 Å². The molecule has 0 spiro atoms. The number of benzene rings is 3. The number of aromatic hydroxyl groups is 1. The molecule has 3 aromatic carbocycles. The third-order valence-electron chi connectivity index (χ3n) is 6.44. The van der Waals surface area contributed by atoms with E-state index in [-0.39, 0.29) is 17.2 Å². The van der Waals surface area contributed by atoms with Gasteiger partial charge in [0.15, 0.2) is 0 Å². The molecule has 0 bridgehead atoms. The normalized spacial score (nSPS) is 20.6. The fourth-order valence-electron chi connectivity index (χ4n) is 4.81. The van der Waals surface area contributed by atoms with Crippen molar-refractivity contribution >= 4 is 27.7 Å². The number of fused-ring (bicyclic) bond motifs is 4. The van der Waals surface area contributed by atoms with Crippen LogP contribution in [0.15, 0.2) is 83.9 Å². The number of phenolic OH excluding ortho intramolecular Hbond substituents is 1. The summed E-state index contributed by atoms with van der Waals surface area (Å²) in [6.45, 7) is 4.64. The molecule has 0 radical (unpaired) electrons. The van der Waals surface area contributed by atoms with Crippen molar-refractivity contribution in [3.63, 3.8) is 0 Å². The summed E-state index contributed by atoms with van der Waals surface area (Å²) in [4.78, 5) is 9.61. The molecule has 5 heteroatoms. The minimum atomic E-state index is 0.0717. The van der Waals surface area contributed by atoms with Crippen LogP contribution in [0.2, 0.25) is 0 Å². The van der Waals surface area contributed by atoms with Crippen LogP contribution in [-0.4, -0.2) is 20.4 Å². The maximum atomic E-state index is 10.1. The minimum Gasteiger partial charge on any atom is -0.506 e. The number of phenols is 1. The van der Waals surface area contributed by atoms with E-state index in [1.807, 2.05) is 48.2 Å². The van der Waals surface area contributed by atoms with Crippen molar-refractivity contribution in [1.82, 2.24) is 4.98 Å². The zero-order valence-corrected chi connectivity index (χ0v) is 18.6. The molecule has 4 aromatic rings. The van der Waals surface area contributed by atoms with Crippen LogP contribution < -0.4 is 4.74 Å². The van der Waals surface area contributed by atoms with E-state index in [1.165, 1.54) is 11.1 Å². The Morgan fingerprint density at radius 1 is 0.938 bits per heavy atom. The van der Waals surface area contributed by atoms with Crippen molar-refractivity contribution in [2.75, 3.05) is 0 Å². The molecule has 2 atom stereocenters. The minimum absolute atomic E-state index is 0.0717. The first-order chi connectivity index (χ1) is 15.5. The third kappa shape index (κ3) is 3.00. The van der Waals surface area contributed by atoms with E-state index in [4.69, 9.17) is 9.73 Å². The first kappa shape index (κ1) is 19.4. The van der Waals surface area contributed by atoms with E-state index in [1.54, 1.807) is 12.1 Å². The highest BCUT2D eigenvalue weighted by Gasteiger charge is 2.50. The first-order valence-electron chi connectivity index (χ1n) is 10.7. The molecule has 32 heavy (non-hydrogen) atoms. The lowest BCUT2D eigenvalue weighted by Gasteiger charge is -2.26. The van der Waals surface area contributed by atoms with Crippen LogP contribution in [0.3, 0.4) is 0 Å². The molecule has 0 amide bonds.